The van der Waals surface area contributed by atoms with Crippen molar-refractivity contribution in [3.63, 3.8) is 0 Å². The first-order valence-corrected chi connectivity index (χ1v) is 14.1. The molecule has 1 aromatic carbocycles. The Morgan fingerprint density at radius 1 is 0.925 bits per heavy atom. The van der Waals surface area contributed by atoms with E-state index in [1.165, 1.54) is 28.8 Å². The van der Waals surface area contributed by atoms with E-state index in [1.54, 1.807) is 6.33 Å². The number of hydrogen-bond donors (Lipinski definition) is 1. The van der Waals surface area contributed by atoms with Crippen molar-refractivity contribution < 1.29 is 8.78 Å². The van der Waals surface area contributed by atoms with Gasteiger partial charge < -0.3 is 10.6 Å². The van der Waals surface area contributed by atoms with Crippen LogP contribution in [0.15, 0.2) is 35.4 Å². The highest BCUT2D eigenvalue weighted by Gasteiger charge is 2.37. The predicted octanol–water partition coefficient (Wildman–Crippen LogP) is 5.48. The van der Waals surface area contributed by atoms with Crippen LogP contribution in [0.3, 0.4) is 0 Å². The zero-order valence-electron chi connectivity index (χ0n) is 22.6. The van der Waals surface area contributed by atoms with Gasteiger partial charge in [-0.05, 0) is 69.6 Å². The first-order valence-electron chi connectivity index (χ1n) is 14.1. The summed E-state index contributed by atoms with van der Waals surface area (Å²) in [6, 6.07) is 5.63. The third-order valence-electron chi connectivity index (χ3n) is 8.50. The van der Waals surface area contributed by atoms with Gasteiger partial charge >= 0.3 is 5.69 Å². The van der Waals surface area contributed by atoms with Crippen LogP contribution < -0.4 is 16.3 Å². The monoisotopic (exact) mass is 543 g/mol. The van der Waals surface area contributed by atoms with Crippen LogP contribution >= 0.6 is 0 Å². The van der Waals surface area contributed by atoms with Gasteiger partial charge in [-0.15, -0.1) is 0 Å². The van der Waals surface area contributed by atoms with Gasteiger partial charge in [0, 0.05) is 30.1 Å². The smallest absolute Gasteiger partial charge is 0.355 e. The lowest BCUT2D eigenvalue weighted by atomic mass is 9.95. The molecule has 0 spiro atoms. The SMILES string of the molecule is C[C@H]1CC[C@H](C)N(c2nc(=O)n(-c3c(C4CC4)ncnc3C3CC3)c3nc(-c4c(N)cccc4F)c(F)cc23)C1. The van der Waals surface area contributed by atoms with Gasteiger partial charge in [-0.1, -0.05) is 13.0 Å². The molecule has 0 unspecified atom stereocenters. The lowest BCUT2D eigenvalue weighted by Crippen LogP contribution is -2.43. The Morgan fingerprint density at radius 2 is 1.62 bits per heavy atom. The molecule has 0 radical (unpaired) electrons. The van der Waals surface area contributed by atoms with Crippen molar-refractivity contribution in [1.29, 1.82) is 0 Å². The van der Waals surface area contributed by atoms with E-state index in [-0.39, 0.29) is 40.5 Å². The van der Waals surface area contributed by atoms with Crippen LogP contribution in [-0.2, 0) is 0 Å². The zero-order chi connectivity index (χ0) is 27.7. The maximum atomic E-state index is 15.9. The summed E-state index contributed by atoms with van der Waals surface area (Å²) in [5.41, 5.74) is 7.64. The summed E-state index contributed by atoms with van der Waals surface area (Å²) in [5.74, 6) is -0.217. The number of rotatable bonds is 5. The lowest BCUT2D eigenvalue weighted by molar-refractivity contribution is 0.388. The lowest BCUT2D eigenvalue weighted by Gasteiger charge is -2.38. The van der Waals surface area contributed by atoms with E-state index in [4.69, 9.17) is 10.7 Å². The molecule has 2 saturated carbocycles. The van der Waals surface area contributed by atoms with E-state index in [9.17, 15) is 4.79 Å². The number of nitrogens with two attached hydrogens (primary N) is 1. The molecule has 8 nitrogen and oxygen atoms in total. The summed E-state index contributed by atoms with van der Waals surface area (Å²) < 4.78 is 32.4. The van der Waals surface area contributed by atoms with Gasteiger partial charge in [0.25, 0.3) is 0 Å². The van der Waals surface area contributed by atoms with Crippen LogP contribution in [0.4, 0.5) is 20.3 Å². The molecule has 3 aromatic heterocycles. The molecule has 206 valence electrons. The van der Waals surface area contributed by atoms with Crippen LogP contribution in [0.5, 0.6) is 0 Å². The summed E-state index contributed by atoms with van der Waals surface area (Å²) in [6.45, 7) is 4.93. The van der Waals surface area contributed by atoms with E-state index < -0.39 is 17.3 Å². The van der Waals surface area contributed by atoms with E-state index >= 15 is 8.78 Å². The summed E-state index contributed by atoms with van der Waals surface area (Å²) in [6.07, 6.45) is 7.42. The van der Waals surface area contributed by atoms with Crippen LogP contribution in [-0.4, -0.2) is 37.1 Å². The van der Waals surface area contributed by atoms with Gasteiger partial charge in [0.1, 0.15) is 23.7 Å². The molecular weight excluding hydrogens is 512 g/mol. The summed E-state index contributed by atoms with van der Waals surface area (Å²) in [4.78, 5) is 34.6. The number of benzene rings is 1. The van der Waals surface area contributed by atoms with Crippen LogP contribution in [0.1, 0.15) is 75.6 Å². The maximum Gasteiger partial charge on any atom is 0.355 e. The number of nitrogens with zero attached hydrogens (tertiary/aromatic N) is 6. The second kappa shape index (κ2) is 9.31. The topological polar surface area (TPSA) is 103 Å². The molecule has 3 aliphatic rings. The van der Waals surface area contributed by atoms with Gasteiger partial charge in [-0.3, -0.25) is 0 Å². The van der Waals surface area contributed by atoms with Crippen molar-refractivity contribution >= 4 is 22.5 Å². The molecule has 3 fully saturated rings. The molecule has 10 heteroatoms. The van der Waals surface area contributed by atoms with E-state index in [1.807, 2.05) is 0 Å². The largest absolute Gasteiger partial charge is 0.398 e. The normalized spacial score (nSPS) is 21.2. The highest BCUT2D eigenvalue weighted by molar-refractivity contribution is 5.91. The Morgan fingerprint density at radius 3 is 2.27 bits per heavy atom. The van der Waals surface area contributed by atoms with E-state index in [0.29, 0.717) is 29.4 Å². The number of fused-ring (bicyclic) bond motifs is 1. The van der Waals surface area contributed by atoms with E-state index in [2.05, 4.69) is 33.7 Å². The molecule has 0 amide bonds. The molecule has 4 heterocycles. The molecule has 2 atom stereocenters. The third-order valence-corrected chi connectivity index (χ3v) is 8.50. The molecule has 4 aromatic rings. The molecule has 1 aliphatic heterocycles. The van der Waals surface area contributed by atoms with Gasteiger partial charge in [0.15, 0.2) is 11.5 Å². The Balaban J connectivity index is 1.57. The Hall–Kier alpha value is -3.95. The van der Waals surface area contributed by atoms with Crippen LogP contribution in [0, 0.1) is 17.6 Å². The maximum absolute atomic E-state index is 15.9. The first-order chi connectivity index (χ1) is 19.3. The molecule has 40 heavy (non-hydrogen) atoms. The molecule has 2 aliphatic carbocycles. The van der Waals surface area contributed by atoms with Crippen molar-refractivity contribution in [3.8, 4) is 16.9 Å². The zero-order valence-corrected chi connectivity index (χ0v) is 22.6. The van der Waals surface area contributed by atoms with Crippen LogP contribution in [0.2, 0.25) is 0 Å². The molecule has 2 N–H and O–H groups in total. The average molecular weight is 544 g/mol. The number of aromatic nitrogens is 5. The molecule has 1 saturated heterocycles. The second-order valence-corrected chi connectivity index (χ2v) is 11.7. The number of piperidine rings is 1. The van der Waals surface area contributed by atoms with Crippen molar-refractivity contribution in [2.45, 2.75) is 70.3 Å². The second-order valence-electron chi connectivity index (χ2n) is 11.7. The fraction of sp³-hybridized carbons (Fsp3) is 0.433. The quantitative estimate of drug-likeness (QED) is 0.333. The summed E-state index contributed by atoms with van der Waals surface area (Å²) in [7, 11) is 0. The predicted molar refractivity (Wildman–Crippen MR) is 150 cm³/mol. The van der Waals surface area contributed by atoms with Crippen molar-refractivity contribution in [2.24, 2.45) is 5.92 Å². The highest BCUT2D eigenvalue weighted by Crippen LogP contribution is 2.47. The number of hydrogen-bond acceptors (Lipinski definition) is 7. The number of nitrogen functional groups attached to an aromatic ring is 1. The van der Waals surface area contributed by atoms with Gasteiger partial charge in [0.2, 0.25) is 0 Å². The highest BCUT2D eigenvalue weighted by atomic mass is 19.1. The van der Waals surface area contributed by atoms with Crippen molar-refractivity contribution in [2.75, 3.05) is 17.2 Å². The molecule has 7 rings (SSSR count). The average Bonchev–Trinajstić information content (AvgIpc) is 3.84. The standard InChI is InChI=1S/C30H31F2N7O/c1-15-6-7-16(2)38(13-15)28-19-12-21(32)26(23-20(31)4-3-5-22(23)33)36-29(19)39(30(40)37-28)27-24(17-8-9-17)34-14-35-25(27)18-10-11-18/h3-5,12,14-18H,6-11,13,33H2,1-2H3/t15-,16-/m0/s1. The summed E-state index contributed by atoms with van der Waals surface area (Å²) in [5, 5.41) is 0.393. The van der Waals surface area contributed by atoms with Gasteiger partial charge in [-0.25, -0.2) is 33.1 Å². The Bertz CT molecular complexity index is 1660. The minimum absolute atomic E-state index is 0.0628. The van der Waals surface area contributed by atoms with Crippen molar-refractivity contribution in [1.82, 2.24) is 24.5 Å². The van der Waals surface area contributed by atoms with E-state index in [0.717, 1.165) is 49.9 Å². The summed E-state index contributed by atoms with van der Waals surface area (Å²) >= 11 is 0. The third kappa shape index (κ3) is 4.12. The number of pyridine rings is 1. The fourth-order valence-corrected chi connectivity index (χ4v) is 6.02. The van der Waals surface area contributed by atoms with Crippen molar-refractivity contribution in [3.05, 3.63) is 64.1 Å². The molecular formula is C30H31F2N7O. The minimum atomic E-state index is -0.732. The number of anilines is 2. The van der Waals surface area contributed by atoms with Gasteiger partial charge in [-0.2, -0.15) is 4.98 Å². The Kier molecular flexibility index (Phi) is 5.83. The Labute approximate surface area is 230 Å². The minimum Gasteiger partial charge on any atom is -0.398 e. The van der Waals surface area contributed by atoms with Gasteiger partial charge in [0.05, 0.1) is 28.0 Å². The first kappa shape index (κ1) is 25.0. The number of halogens is 2. The molecule has 0 bridgehead atoms. The fourth-order valence-electron chi connectivity index (χ4n) is 6.02. The van der Waals surface area contributed by atoms with Crippen LogP contribution in [0.25, 0.3) is 28.0 Å².